The molecule has 3 aromatic rings. The van der Waals surface area contributed by atoms with Crippen LogP contribution in [0.2, 0.25) is 5.02 Å². The van der Waals surface area contributed by atoms with Crippen LogP contribution >= 0.6 is 11.6 Å². The van der Waals surface area contributed by atoms with Crippen molar-refractivity contribution in [3.8, 4) is 11.4 Å². The molecule has 5 nitrogen and oxygen atoms in total. The molecule has 0 atom stereocenters. The smallest absolute Gasteiger partial charge is 0.251 e. The van der Waals surface area contributed by atoms with E-state index >= 15 is 0 Å². The molecule has 144 valence electrons. The first kappa shape index (κ1) is 18.7. The number of hydrogen-bond donors (Lipinski definition) is 3. The lowest BCUT2D eigenvalue weighted by molar-refractivity contribution is 0.0901. The van der Waals surface area contributed by atoms with E-state index in [1.165, 1.54) is 18.2 Å². The Kier molecular flexibility index (Phi) is 5.41. The summed E-state index contributed by atoms with van der Waals surface area (Å²) in [6.45, 7) is 0.685. The fraction of sp³-hybridized carbons (Fsp3) is 0.238. The van der Waals surface area contributed by atoms with Crippen LogP contribution in [0.1, 0.15) is 28.9 Å². The Morgan fingerprint density at radius 3 is 2.71 bits per heavy atom. The normalized spacial score (nSPS) is 18.5. The average molecular weight is 399 g/mol. The first-order valence-electron chi connectivity index (χ1n) is 9.16. The highest BCUT2D eigenvalue weighted by molar-refractivity contribution is 6.31. The van der Waals surface area contributed by atoms with Gasteiger partial charge in [0.1, 0.15) is 11.6 Å². The third kappa shape index (κ3) is 4.40. The predicted molar refractivity (Wildman–Crippen MR) is 107 cm³/mol. The van der Waals surface area contributed by atoms with Crippen molar-refractivity contribution < 1.29 is 9.18 Å². The van der Waals surface area contributed by atoms with Gasteiger partial charge in [0.25, 0.3) is 5.91 Å². The van der Waals surface area contributed by atoms with Crippen molar-refractivity contribution in [3.05, 3.63) is 76.8 Å². The maximum atomic E-state index is 13.4. The number of amides is 1. The highest BCUT2D eigenvalue weighted by Crippen LogP contribution is 2.22. The van der Waals surface area contributed by atoms with Crippen molar-refractivity contribution in [2.45, 2.75) is 31.5 Å². The van der Waals surface area contributed by atoms with Crippen LogP contribution in [0.3, 0.4) is 0 Å². The monoisotopic (exact) mass is 398 g/mol. The molecule has 1 fully saturated rings. The highest BCUT2D eigenvalue weighted by atomic mass is 35.5. The molecule has 0 bridgehead atoms. The molecular weight excluding hydrogens is 379 g/mol. The summed E-state index contributed by atoms with van der Waals surface area (Å²) in [7, 11) is 0. The molecular formula is C21H20ClFN4O. The maximum absolute atomic E-state index is 13.4. The van der Waals surface area contributed by atoms with E-state index in [1.807, 2.05) is 36.5 Å². The molecule has 4 rings (SSSR count). The van der Waals surface area contributed by atoms with E-state index in [-0.39, 0.29) is 22.5 Å². The summed E-state index contributed by atoms with van der Waals surface area (Å²) >= 11 is 5.80. The molecule has 1 saturated carbocycles. The molecule has 7 heteroatoms. The minimum Gasteiger partial charge on any atom is -0.349 e. The fourth-order valence-corrected chi connectivity index (χ4v) is 3.52. The van der Waals surface area contributed by atoms with Crippen LogP contribution in [0.15, 0.2) is 54.7 Å². The molecule has 0 aliphatic heterocycles. The average Bonchev–Trinajstić information content (AvgIpc) is 3.12. The molecule has 28 heavy (non-hydrogen) atoms. The zero-order valence-electron chi connectivity index (χ0n) is 15.1. The summed E-state index contributed by atoms with van der Waals surface area (Å²) in [5.41, 5.74) is 2.31. The van der Waals surface area contributed by atoms with Gasteiger partial charge in [-0.3, -0.25) is 4.79 Å². The Hall–Kier alpha value is -2.70. The molecule has 0 radical (unpaired) electrons. The first-order valence-corrected chi connectivity index (χ1v) is 9.54. The molecule has 3 N–H and O–H groups in total. The standard InChI is InChI=1S/C21H20ClFN4O/c22-15-6-14(7-16(23)8-15)21(28)27-18-9-17(10-18)24-11-19-12-25-20(26-19)13-4-2-1-3-5-13/h1-8,12,17-18,24H,9-11H2,(H,25,26)(H,27,28). The zero-order chi connectivity index (χ0) is 19.5. The van der Waals surface area contributed by atoms with Crippen LogP contribution in [0.4, 0.5) is 4.39 Å². The van der Waals surface area contributed by atoms with Crippen molar-refractivity contribution in [2.75, 3.05) is 0 Å². The van der Waals surface area contributed by atoms with Crippen LogP contribution in [-0.2, 0) is 6.54 Å². The zero-order valence-corrected chi connectivity index (χ0v) is 15.8. The Morgan fingerprint density at radius 2 is 1.96 bits per heavy atom. The van der Waals surface area contributed by atoms with Crippen LogP contribution in [0.25, 0.3) is 11.4 Å². The molecule has 1 aromatic heterocycles. The molecule has 0 spiro atoms. The summed E-state index contributed by atoms with van der Waals surface area (Å²) in [5.74, 6) is 0.0380. The van der Waals surface area contributed by atoms with Gasteiger partial charge >= 0.3 is 0 Å². The van der Waals surface area contributed by atoms with Crippen molar-refractivity contribution in [3.63, 3.8) is 0 Å². The number of halogens is 2. The van der Waals surface area contributed by atoms with Gasteiger partial charge in [-0.15, -0.1) is 0 Å². The second kappa shape index (κ2) is 8.12. The minimum atomic E-state index is -0.514. The van der Waals surface area contributed by atoms with Crippen LogP contribution in [0.5, 0.6) is 0 Å². The maximum Gasteiger partial charge on any atom is 0.251 e. The lowest BCUT2D eigenvalue weighted by Gasteiger charge is -2.36. The van der Waals surface area contributed by atoms with Gasteiger partial charge in [-0.1, -0.05) is 41.9 Å². The second-order valence-electron chi connectivity index (χ2n) is 7.00. The van der Waals surface area contributed by atoms with E-state index in [4.69, 9.17) is 11.6 Å². The number of imidazole rings is 1. The van der Waals surface area contributed by atoms with Crippen LogP contribution in [-0.4, -0.2) is 28.0 Å². The first-order chi connectivity index (χ1) is 13.6. The van der Waals surface area contributed by atoms with E-state index < -0.39 is 5.82 Å². The van der Waals surface area contributed by atoms with Gasteiger partial charge in [0.2, 0.25) is 0 Å². The number of carbonyl (C=O) groups is 1. The van der Waals surface area contributed by atoms with Crippen molar-refractivity contribution in [1.82, 2.24) is 20.6 Å². The highest BCUT2D eigenvalue weighted by Gasteiger charge is 2.30. The molecule has 2 aromatic carbocycles. The molecule has 1 heterocycles. The number of aromatic amines is 1. The van der Waals surface area contributed by atoms with Crippen LogP contribution in [0, 0.1) is 5.82 Å². The molecule has 1 amide bonds. The molecule has 0 unspecified atom stereocenters. The lowest BCUT2D eigenvalue weighted by Crippen LogP contribution is -2.52. The predicted octanol–water partition coefficient (Wildman–Crippen LogP) is 3.92. The van der Waals surface area contributed by atoms with Gasteiger partial charge in [-0.2, -0.15) is 0 Å². The Labute approximate surface area is 167 Å². The number of benzene rings is 2. The van der Waals surface area contributed by atoms with E-state index in [1.54, 1.807) is 0 Å². The SMILES string of the molecule is O=C(NC1CC(NCc2cnc(-c3ccccc3)[nH]2)C1)c1cc(F)cc(Cl)c1. The molecule has 1 aliphatic carbocycles. The van der Waals surface area contributed by atoms with E-state index in [0.29, 0.717) is 12.6 Å². The van der Waals surface area contributed by atoms with Gasteiger partial charge in [-0.05, 0) is 31.0 Å². The van der Waals surface area contributed by atoms with Crippen molar-refractivity contribution in [2.24, 2.45) is 0 Å². The Bertz CT molecular complexity index is 949. The van der Waals surface area contributed by atoms with Gasteiger partial charge in [0.15, 0.2) is 0 Å². The second-order valence-corrected chi connectivity index (χ2v) is 7.44. The number of rotatable bonds is 6. The van der Waals surface area contributed by atoms with Crippen molar-refractivity contribution in [1.29, 1.82) is 0 Å². The number of carbonyl (C=O) groups excluding carboxylic acids is 1. The van der Waals surface area contributed by atoms with E-state index in [9.17, 15) is 9.18 Å². The van der Waals surface area contributed by atoms with E-state index in [0.717, 1.165) is 29.9 Å². The fourth-order valence-electron chi connectivity index (χ4n) is 3.30. The Balaban J connectivity index is 1.23. The summed E-state index contributed by atoms with van der Waals surface area (Å²) in [6, 6.07) is 14.2. The third-order valence-corrected chi connectivity index (χ3v) is 5.07. The third-order valence-electron chi connectivity index (χ3n) is 4.85. The van der Waals surface area contributed by atoms with Crippen molar-refractivity contribution >= 4 is 17.5 Å². The number of H-pyrrole nitrogens is 1. The topological polar surface area (TPSA) is 69.8 Å². The van der Waals surface area contributed by atoms with Gasteiger partial charge in [-0.25, -0.2) is 9.37 Å². The Morgan fingerprint density at radius 1 is 1.18 bits per heavy atom. The quantitative estimate of drug-likeness (QED) is 0.589. The number of hydrogen-bond acceptors (Lipinski definition) is 3. The summed E-state index contributed by atoms with van der Waals surface area (Å²) in [4.78, 5) is 19.9. The molecule has 1 aliphatic rings. The number of nitrogens with one attached hydrogen (secondary N) is 3. The van der Waals surface area contributed by atoms with Gasteiger partial charge < -0.3 is 15.6 Å². The summed E-state index contributed by atoms with van der Waals surface area (Å²) in [5, 5.41) is 6.59. The summed E-state index contributed by atoms with van der Waals surface area (Å²) < 4.78 is 13.4. The lowest BCUT2D eigenvalue weighted by atomic mass is 9.86. The number of aromatic nitrogens is 2. The van der Waals surface area contributed by atoms with Gasteiger partial charge in [0.05, 0.1) is 0 Å². The molecule has 0 saturated heterocycles. The minimum absolute atomic E-state index is 0.0775. The number of nitrogens with zero attached hydrogens (tertiary/aromatic N) is 1. The van der Waals surface area contributed by atoms with Crippen LogP contribution < -0.4 is 10.6 Å². The van der Waals surface area contributed by atoms with Gasteiger partial charge in [0, 0.05) is 46.7 Å². The summed E-state index contributed by atoms with van der Waals surface area (Å²) in [6.07, 6.45) is 3.49. The van der Waals surface area contributed by atoms with E-state index in [2.05, 4.69) is 20.6 Å². The largest absolute Gasteiger partial charge is 0.349 e.